The third-order valence-corrected chi connectivity index (χ3v) is 9.80. The van der Waals surface area contributed by atoms with Crippen molar-refractivity contribution in [3.8, 4) is 11.8 Å². The molecule has 1 saturated heterocycles. The standard InChI is InChI=1S/C32H31ClN8O8S/c1-17-29(49-31(46)47-17)48-30(45)39(3)16-32(2)10-13-40(14-11-32)21-15-35-27(24(34)37-21)50-19-8-6-7-18(23(19)33)36-25(42)22-26(43)38-20-9-4-5-12-41(20)28(22)44/h4-9,12,15,43H,10-11,13-14,16H2,1-3H3,(H2,34,37)(H,36,42). The Morgan fingerprint density at radius 3 is 2.62 bits per heavy atom. The van der Waals surface area contributed by atoms with Gasteiger partial charge in [-0.3, -0.25) is 14.0 Å². The van der Waals surface area contributed by atoms with Crippen molar-refractivity contribution in [3.63, 3.8) is 0 Å². The number of hydrogen-bond donors (Lipinski definition) is 3. The number of carbonyl (C=O) groups is 2. The van der Waals surface area contributed by atoms with Crippen LogP contribution in [-0.4, -0.2) is 68.0 Å². The second-order valence-corrected chi connectivity index (χ2v) is 13.4. The number of aromatic hydroxyl groups is 1. The first-order chi connectivity index (χ1) is 23.8. The summed E-state index contributed by atoms with van der Waals surface area (Å²) in [5.74, 6) is -1.94. The fraction of sp³-hybridized carbons (Fsp3) is 0.281. The third-order valence-electron chi connectivity index (χ3n) is 8.22. The van der Waals surface area contributed by atoms with Gasteiger partial charge in [-0.15, -0.1) is 0 Å². The van der Waals surface area contributed by atoms with Crippen LogP contribution in [0.25, 0.3) is 5.65 Å². The molecule has 6 rings (SSSR count). The Balaban J connectivity index is 1.08. The number of nitrogens with zero attached hydrogens (tertiary/aromatic N) is 6. The highest BCUT2D eigenvalue weighted by Crippen LogP contribution is 2.39. The van der Waals surface area contributed by atoms with E-state index in [4.69, 9.17) is 30.9 Å². The molecule has 0 atom stereocenters. The van der Waals surface area contributed by atoms with Crippen LogP contribution in [0.5, 0.6) is 11.8 Å². The summed E-state index contributed by atoms with van der Waals surface area (Å²) in [5, 5.41) is 13.5. The molecule has 0 unspecified atom stereocenters. The van der Waals surface area contributed by atoms with Crippen LogP contribution in [0, 0.1) is 12.3 Å². The lowest BCUT2D eigenvalue weighted by atomic mass is 9.80. The molecule has 1 aromatic carbocycles. The van der Waals surface area contributed by atoms with Gasteiger partial charge < -0.3 is 39.5 Å². The highest BCUT2D eigenvalue weighted by atomic mass is 35.5. The second-order valence-electron chi connectivity index (χ2n) is 12.0. The quantitative estimate of drug-likeness (QED) is 0.202. The number of nitrogens with one attached hydrogen (secondary N) is 1. The van der Waals surface area contributed by atoms with Gasteiger partial charge in [-0.05, 0) is 42.5 Å². The Morgan fingerprint density at radius 2 is 1.92 bits per heavy atom. The maximum absolute atomic E-state index is 13.1. The molecule has 5 aromatic rings. The predicted octanol–water partition coefficient (Wildman–Crippen LogP) is 4.42. The van der Waals surface area contributed by atoms with Gasteiger partial charge in [-0.1, -0.05) is 42.4 Å². The van der Waals surface area contributed by atoms with Gasteiger partial charge in [0.1, 0.15) is 16.5 Å². The van der Waals surface area contributed by atoms with Crippen molar-refractivity contribution in [1.82, 2.24) is 24.3 Å². The number of ether oxygens (including phenoxy) is 1. The maximum atomic E-state index is 13.1. The lowest BCUT2D eigenvalue weighted by Gasteiger charge is -2.41. The van der Waals surface area contributed by atoms with Gasteiger partial charge in [0.25, 0.3) is 11.5 Å². The van der Waals surface area contributed by atoms with Gasteiger partial charge in [0.15, 0.2) is 17.1 Å². The van der Waals surface area contributed by atoms with Gasteiger partial charge in [0.05, 0.1) is 16.9 Å². The SMILES string of the molecule is Cc1oc(=O)oc1OC(=O)N(C)CC1(C)CCN(c2cnc(Sc3cccc(NC(=O)c4c(O)nc5ccccn5c4=O)c3Cl)c(N)n2)CC1. The lowest BCUT2D eigenvalue weighted by molar-refractivity contribution is 0.102. The summed E-state index contributed by atoms with van der Waals surface area (Å²) in [7, 11) is 1.61. The zero-order valence-electron chi connectivity index (χ0n) is 27.0. The van der Waals surface area contributed by atoms with Crippen molar-refractivity contribution >= 4 is 58.3 Å². The van der Waals surface area contributed by atoms with E-state index in [-0.39, 0.29) is 39.3 Å². The Hall–Kier alpha value is -5.55. The Morgan fingerprint density at radius 1 is 1.16 bits per heavy atom. The largest absolute Gasteiger partial charge is 0.521 e. The molecule has 1 aliphatic rings. The molecule has 1 fully saturated rings. The van der Waals surface area contributed by atoms with Crippen LogP contribution < -0.4 is 32.1 Å². The van der Waals surface area contributed by atoms with E-state index in [0.717, 1.165) is 29.0 Å². The number of hydrogen-bond acceptors (Lipinski definition) is 14. The zero-order chi connectivity index (χ0) is 35.7. The van der Waals surface area contributed by atoms with E-state index in [1.807, 2.05) is 0 Å². The van der Waals surface area contributed by atoms with Crippen LogP contribution in [0.1, 0.15) is 35.9 Å². The molecule has 18 heteroatoms. The molecule has 0 spiro atoms. The fourth-order valence-electron chi connectivity index (χ4n) is 5.52. The van der Waals surface area contributed by atoms with Crippen LogP contribution in [0.3, 0.4) is 0 Å². The van der Waals surface area contributed by atoms with Gasteiger partial charge in [-0.2, -0.15) is 4.98 Å². The van der Waals surface area contributed by atoms with Crippen molar-refractivity contribution in [1.29, 1.82) is 0 Å². The number of nitrogen functional groups attached to an aromatic ring is 1. The van der Waals surface area contributed by atoms with Crippen LogP contribution in [-0.2, 0) is 0 Å². The first-order valence-electron chi connectivity index (χ1n) is 15.2. The van der Waals surface area contributed by atoms with Gasteiger partial charge in [0, 0.05) is 44.7 Å². The summed E-state index contributed by atoms with van der Waals surface area (Å²) in [4.78, 5) is 66.9. The zero-order valence-corrected chi connectivity index (χ0v) is 28.6. The minimum Gasteiger partial charge on any atom is -0.493 e. The fourth-order valence-corrected chi connectivity index (χ4v) is 6.62. The average Bonchev–Trinajstić information content (AvgIpc) is 3.39. The number of amides is 2. The highest BCUT2D eigenvalue weighted by molar-refractivity contribution is 7.99. The number of halogens is 1. The van der Waals surface area contributed by atoms with E-state index in [1.165, 1.54) is 24.1 Å². The van der Waals surface area contributed by atoms with Gasteiger partial charge >= 0.3 is 17.9 Å². The molecule has 0 saturated carbocycles. The minimum absolute atomic E-state index is 0.0815. The van der Waals surface area contributed by atoms with Crippen molar-refractivity contribution in [2.45, 2.75) is 36.6 Å². The Kier molecular flexibility index (Phi) is 9.44. The van der Waals surface area contributed by atoms with Crippen LogP contribution >= 0.6 is 23.4 Å². The van der Waals surface area contributed by atoms with Crippen molar-refractivity contribution < 1.29 is 28.3 Å². The lowest BCUT2D eigenvalue weighted by Crippen LogP contribution is -2.46. The molecule has 260 valence electrons. The first kappa shape index (κ1) is 34.3. The van der Waals surface area contributed by atoms with Crippen molar-refractivity contribution in [2.75, 3.05) is 42.6 Å². The Bertz CT molecular complexity index is 2230. The van der Waals surface area contributed by atoms with Gasteiger partial charge in [-0.25, -0.2) is 19.6 Å². The Labute approximate surface area is 292 Å². The monoisotopic (exact) mass is 722 g/mol. The second kappa shape index (κ2) is 13.8. The molecule has 4 N–H and O–H groups in total. The molecule has 0 aliphatic carbocycles. The summed E-state index contributed by atoms with van der Waals surface area (Å²) >= 11 is 7.80. The molecule has 0 radical (unpaired) electrons. The van der Waals surface area contributed by atoms with E-state index >= 15 is 0 Å². The van der Waals surface area contributed by atoms with Crippen molar-refractivity contribution in [2.24, 2.45) is 5.41 Å². The van der Waals surface area contributed by atoms with E-state index in [0.29, 0.717) is 35.4 Å². The van der Waals surface area contributed by atoms with E-state index in [9.17, 15) is 24.3 Å². The molecule has 1 aliphatic heterocycles. The van der Waals surface area contributed by atoms with E-state index in [1.54, 1.807) is 43.6 Å². The number of pyridine rings is 1. The third kappa shape index (κ3) is 7.09. The van der Waals surface area contributed by atoms with Crippen LogP contribution in [0.4, 0.5) is 22.1 Å². The molecule has 2 amide bonds. The van der Waals surface area contributed by atoms with Crippen molar-refractivity contribution in [3.05, 3.63) is 86.1 Å². The topological polar surface area (TPSA) is 212 Å². The molecular formula is C32H31ClN8O8S. The predicted molar refractivity (Wildman–Crippen MR) is 183 cm³/mol. The summed E-state index contributed by atoms with van der Waals surface area (Å²) in [6.45, 7) is 5.22. The number of aromatic nitrogens is 4. The molecule has 5 heterocycles. The summed E-state index contributed by atoms with van der Waals surface area (Å²) < 4.78 is 15.8. The maximum Gasteiger partial charge on any atom is 0.521 e. The molecule has 4 aromatic heterocycles. The number of anilines is 3. The molecular weight excluding hydrogens is 692 g/mol. The average molecular weight is 723 g/mol. The number of nitrogens with two attached hydrogens (primary N) is 1. The number of carbonyl (C=O) groups excluding carboxylic acids is 2. The first-order valence-corrected chi connectivity index (χ1v) is 16.4. The van der Waals surface area contributed by atoms with Crippen LogP contribution in [0.15, 0.2) is 77.1 Å². The number of piperidine rings is 1. The van der Waals surface area contributed by atoms with E-state index in [2.05, 4.69) is 32.1 Å². The summed E-state index contributed by atoms with van der Waals surface area (Å²) in [6.07, 6.45) is 3.86. The summed E-state index contributed by atoms with van der Waals surface area (Å²) in [5.41, 5.74) is 5.23. The number of rotatable bonds is 8. The molecule has 50 heavy (non-hydrogen) atoms. The number of fused-ring (bicyclic) bond motifs is 1. The minimum atomic E-state index is -0.944. The summed E-state index contributed by atoms with van der Waals surface area (Å²) in [6, 6.07) is 9.71. The van der Waals surface area contributed by atoms with Crippen LogP contribution in [0.2, 0.25) is 5.02 Å². The smallest absolute Gasteiger partial charge is 0.493 e. The number of aryl methyl sites for hydroxylation is 1. The molecule has 16 nitrogen and oxygen atoms in total. The highest BCUT2D eigenvalue weighted by Gasteiger charge is 2.34. The number of benzene rings is 1. The van der Waals surface area contributed by atoms with E-state index < -0.39 is 34.8 Å². The van der Waals surface area contributed by atoms with Gasteiger partial charge in [0.2, 0.25) is 5.88 Å². The normalized spacial score (nSPS) is 14.0. The molecule has 0 bridgehead atoms.